The number of ether oxygens (including phenoxy) is 2. The second kappa shape index (κ2) is 7.83. The van der Waals surface area contributed by atoms with Crippen LogP contribution < -0.4 is 20.2 Å². The van der Waals surface area contributed by atoms with Gasteiger partial charge < -0.3 is 20.1 Å². The number of amides is 2. The normalized spacial score (nSPS) is 17.2. The predicted octanol–water partition coefficient (Wildman–Crippen LogP) is 1.88. The van der Waals surface area contributed by atoms with Crippen LogP contribution in [-0.2, 0) is 16.1 Å². The van der Waals surface area contributed by atoms with E-state index in [1.165, 1.54) is 5.01 Å². The van der Waals surface area contributed by atoms with Crippen LogP contribution in [0.3, 0.4) is 0 Å². The first-order valence-electron chi connectivity index (χ1n) is 9.45. The van der Waals surface area contributed by atoms with Crippen LogP contribution in [0.15, 0.2) is 53.6 Å². The Morgan fingerprint density at radius 1 is 1.17 bits per heavy atom. The summed E-state index contributed by atoms with van der Waals surface area (Å²) in [5.74, 6) is 0.647. The Kier molecular flexibility index (Phi) is 5.07. The Morgan fingerprint density at radius 2 is 1.93 bits per heavy atom. The largest absolute Gasteiger partial charge is 0.454 e. The molecular formula is C21H22N4O4. The molecule has 8 nitrogen and oxygen atoms in total. The van der Waals surface area contributed by atoms with Gasteiger partial charge in [0.05, 0.1) is 5.69 Å². The van der Waals surface area contributed by atoms with Crippen molar-refractivity contribution >= 4 is 23.2 Å². The highest BCUT2D eigenvalue weighted by molar-refractivity contribution is 6.40. The van der Waals surface area contributed by atoms with Gasteiger partial charge in [-0.1, -0.05) is 24.3 Å². The molecule has 0 unspecified atom stereocenters. The van der Waals surface area contributed by atoms with E-state index in [0.29, 0.717) is 30.3 Å². The molecule has 2 amide bonds. The molecule has 0 fully saturated rings. The molecule has 2 heterocycles. The van der Waals surface area contributed by atoms with Gasteiger partial charge in [0.2, 0.25) is 12.7 Å². The monoisotopic (exact) mass is 394 g/mol. The average molecular weight is 394 g/mol. The van der Waals surface area contributed by atoms with Gasteiger partial charge in [-0.05, 0) is 36.8 Å². The first kappa shape index (κ1) is 18.8. The lowest BCUT2D eigenvalue weighted by molar-refractivity contribution is -0.124. The zero-order valence-electron chi connectivity index (χ0n) is 16.1. The molecule has 0 aliphatic carbocycles. The van der Waals surface area contributed by atoms with Gasteiger partial charge in [-0.25, -0.2) is 0 Å². The summed E-state index contributed by atoms with van der Waals surface area (Å²) in [6, 6.07) is 14.2. The standard InChI is InChI=1S/C21H22N4O4/c1-2-24(12-14-8-9-18-19(10-14)29-13-28-18)21(27)16-11-17(20(22)26)25(23-16)15-6-4-3-5-7-15/h3-10,17H,2,11-13H2,1H3,(H2,22,26)/t17-/m1/s1. The van der Waals surface area contributed by atoms with Crippen molar-refractivity contribution in [3.63, 3.8) is 0 Å². The van der Waals surface area contributed by atoms with Gasteiger partial charge in [-0.2, -0.15) is 5.10 Å². The van der Waals surface area contributed by atoms with Crippen LogP contribution in [-0.4, -0.2) is 41.8 Å². The quantitative estimate of drug-likeness (QED) is 0.807. The molecule has 0 spiro atoms. The van der Waals surface area contributed by atoms with Crippen LogP contribution in [0.2, 0.25) is 0 Å². The molecule has 2 aliphatic rings. The first-order chi connectivity index (χ1) is 14.1. The minimum absolute atomic E-state index is 0.181. The van der Waals surface area contributed by atoms with Crippen LogP contribution in [0.4, 0.5) is 5.69 Å². The number of anilines is 1. The fourth-order valence-corrected chi connectivity index (χ4v) is 3.45. The summed E-state index contributed by atoms with van der Waals surface area (Å²) in [4.78, 5) is 26.8. The maximum atomic E-state index is 13.1. The Hall–Kier alpha value is -3.55. The molecule has 2 aromatic carbocycles. The van der Waals surface area contributed by atoms with Crippen molar-refractivity contribution in [2.75, 3.05) is 18.3 Å². The van der Waals surface area contributed by atoms with Gasteiger partial charge >= 0.3 is 0 Å². The second-order valence-corrected chi connectivity index (χ2v) is 6.86. The smallest absolute Gasteiger partial charge is 0.270 e. The van der Waals surface area contributed by atoms with E-state index in [4.69, 9.17) is 15.2 Å². The fourth-order valence-electron chi connectivity index (χ4n) is 3.45. The number of nitrogens with two attached hydrogens (primary N) is 1. The van der Waals surface area contributed by atoms with Crippen LogP contribution in [0.25, 0.3) is 0 Å². The Balaban J connectivity index is 1.54. The maximum Gasteiger partial charge on any atom is 0.270 e. The zero-order chi connectivity index (χ0) is 20.4. The molecule has 2 aromatic rings. The van der Waals surface area contributed by atoms with Crippen molar-refractivity contribution in [3.05, 3.63) is 54.1 Å². The minimum Gasteiger partial charge on any atom is -0.454 e. The number of nitrogens with zero attached hydrogens (tertiary/aromatic N) is 3. The Bertz CT molecular complexity index is 960. The molecule has 0 saturated carbocycles. The van der Waals surface area contributed by atoms with E-state index in [1.54, 1.807) is 4.90 Å². The summed E-state index contributed by atoms with van der Waals surface area (Å²) in [5.41, 5.74) is 7.53. The van der Waals surface area contributed by atoms with Crippen LogP contribution in [0.5, 0.6) is 11.5 Å². The molecular weight excluding hydrogens is 372 g/mol. The van der Waals surface area contributed by atoms with Gasteiger partial charge in [0.1, 0.15) is 11.8 Å². The maximum absolute atomic E-state index is 13.1. The number of para-hydroxylation sites is 1. The van der Waals surface area contributed by atoms with E-state index in [9.17, 15) is 9.59 Å². The summed E-state index contributed by atoms with van der Waals surface area (Å²) in [6.45, 7) is 3.01. The number of fused-ring (bicyclic) bond motifs is 1. The van der Waals surface area contributed by atoms with Crippen molar-refractivity contribution < 1.29 is 19.1 Å². The van der Waals surface area contributed by atoms with E-state index in [0.717, 1.165) is 11.3 Å². The third kappa shape index (κ3) is 3.73. The first-order valence-corrected chi connectivity index (χ1v) is 9.45. The zero-order valence-corrected chi connectivity index (χ0v) is 16.1. The van der Waals surface area contributed by atoms with Gasteiger partial charge in [-0.15, -0.1) is 0 Å². The second-order valence-electron chi connectivity index (χ2n) is 6.86. The van der Waals surface area contributed by atoms with Gasteiger partial charge in [0, 0.05) is 19.5 Å². The molecule has 29 heavy (non-hydrogen) atoms. The Morgan fingerprint density at radius 3 is 2.66 bits per heavy atom. The van der Waals surface area contributed by atoms with E-state index in [2.05, 4.69) is 5.10 Å². The predicted molar refractivity (Wildman–Crippen MR) is 108 cm³/mol. The molecule has 4 rings (SSSR count). The van der Waals surface area contributed by atoms with Gasteiger partial charge in [0.15, 0.2) is 11.5 Å². The van der Waals surface area contributed by atoms with Crippen molar-refractivity contribution in [2.45, 2.75) is 25.9 Å². The lowest BCUT2D eigenvalue weighted by atomic mass is 10.1. The summed E-state index contributed by atoms with van der Waals surface area (Å²) in [5, 5.41) is 5.97. The van der Waals surface area contributed by atoms with Crippen molar-refractivity contribution in [1.82, 2.24) is 4.90 Å². The summed E-state index contributed by atoms with van der Waals surface area (Å²) >= 11 is 0. The van der Waals surface area contributed by atoms with Gasteiger partial charge in [0.25, 0.3) is 5.91 Å². The number of carbonyl (C=O) groups is 2. The van der Waals surface area contributed by atoms with E-state index in [1.807, 2.05) is 55.5 Å². The van der Waals surface area contributed by atoms with Crippen LogP contribution in [0, 0.1) is 0 Å². The lowest BCUT2D eigenvalue weighted by Crippen LogP contribution is -2.40. The summed E-state index contributed by atoms with van der Waals surface area (Å²) in [7, 11) is 0. The van der Waals surface area contributed by atoms with Crippen molar-refractivity contribution in [3.8, 4) is 11.5 Å². The number of primary amides is 1. The highest BCUT2D eigenvalue weighted by Gasteiger charge is 2.36. The molecule has 2 aliphatic heterocycles. The van der Waals surface area contributed by atoms with Crippen LogP contribution in [0.1, 0.15) is 18.9 Å². The fraction of sp³-hybridized carbons (Fsp3) is 0.286. The van der Waals surface area contributed by atoms with Crippen molar-refractivity contribution in [1.29, 1.82) is 0 Å². The number of hydrogen-bond donors (Lipinski definition) is 1. The van der Waals surface area contributed by atoms with E-state index in [-0.39, 0.29) is 19.1 Å². The summed E-state index contributed by atoms with van der Waals surface area (Å²) in [6.07, 6.45) is 0.181. The number of carbonyl (C=O) groups excluding carboxylic acids is 2. The number of hydrogen-bond acceptors (Lipinski definition) is 6. The highest BCUT2D eigenvalue weighted by atomic mass is 16.7. The van der Waals surface area contributed by atoms with Crippen molar-refractivity contribution in [2.24, 2.45) is 10.8 Å². The number of hydrazone groups is 1. The molecule has 0 aromatic heterocycles. The SMILES string of the molecule is CCN(Cc1ccc2c(c1)OCO2)C(=O)C1=NN(c2ccccc2)[C@@H](C(N)=O)C1. The molecule has 150 valence electrons. The molecule has 8 heteroatoms. The molecule has 0 saturated heterocycles. The topological polar surface area (TPSA) is 97.5 Å². The lowest BCUT2D eigenvalue weighted by Gasteiger charge is -2.21. The van der Waals surface area contributed by atoms with Crippen LogP contribution >= 0.6 is 0 Å². The Labute approximate surface area is 168 Å². The third-order valence-electron chi connectivity index (χ3n) is 4.99. The molecule has 0 bridgehead atoms. The summed E-state index contributed by atoms with van der Waals surface area (Å²) < 4.78 is 10.7. The van der Waals surface area contributed by atoms with E-state index >= 15 is 0 Å². The third-order valence-corrected chi connectivity index (χ3v) is 4.99. The molecule has 0 radical (unpaired) electrons. The molecule has 1 atom stereocenters. The average Bonchev–Trinajstić information content (AvgIpc) is 3.39. The van der Waals surface area contributed by atoms with E-state index < -0.39 is 11.9 Å². The number of rotatable bonds is 6. The molecule has 2 N–H and O–H groups in total. The van der Waals surface area contributed by atoms with Gasteiger partial charge in [-0.3, -0.25) is 14.6 Å². The minimum atomic E-state index is -0.680. The highest BCUT2D eigenvalue weighted by Crippen LogP contribution is 2.33. The number of benzene rings is 2.